The van der Waals surface area contributed by atoms with E-state index in [9.17, 15) is 29.4 Å². The number of aliphatic carboxylic acids is 1. The van der Waals surface area contributed by atoms with Crippen molar-refractivity contribution in [1.29, 1.82) is 0 Å². The molecule has 4 atom stereocenters. The minimum Gasteiger partial charge on any atom is -0.508 e. The molecule has 35 heavy (non-hydrogen) atoms. The molecule has 194 valence electrons. The van der Waals surface area contributed by atoms with Crippen LogP contribution < -0.4 is 16.4 Å². The summed E-state index contributed by atoms with van der Waals surface area (Å²) in [5, 5.41) is 24.6. The molecule has 4 unspecified atom stereocenters. The third-order valence-electron chi connectivity index (χ3n) is 6.08. The summed E-state index contributed by atoms with van der Waals surface area (Å²) in [6, 6.07) is 2.55. The minimum absolute atomic E-state index is 0.0625. The van der Waals surface area contributed by atoms with Gasteiger partial charge in [-0.2, -0.15) is 11.8 Å². The van der Waals surface area contributed by atoms with E-state index in [1.807, 2.05) is 20.1 Å². The number of likely N-dealkylation sites (tertiary alicyclic amines) is 1. The number of thioether (sulfide) groups is 1. The molecular weight excluding hydrogens is 472 g/mol. The third kappa shape index (κ3) is 8.14. The fourth-order valence-electron chi connectivity index (χ4n) is 3.90. The normalized spacial score (nSPS) is 18.1. The van der Waals surface area contributed by atoms with Crippen molar-refractivity contribution >= 4 is 35.5 Å². The maximum atomic E-state index is 13.4. The van der Waals surface area contributed by atoms with Crippen LogP contribution in [0.3, 0.4) is 0 Å². The third-order valence-corrected chi connectivity index (χ3v) is 6.72. The summed E-state index contributed by atoms with van der Waals surface area (Å²) in [6.07, 6.45) is 3.23. The number of carboxylic acids is 1. The van der Waals surface area contributed by atoms with Gasteiger partial charge in [0.2, 0.25) is 17.7 Å². The standard InChI is InChI=1S/C24H36N4O6S/c1-14(2)20(25)22(31)26-17(10-12-35-3)21(30)27-18(13-15-6-8-16(29)9-7-15)23(32)28-11-4-5-19(28)24(33)34/h6-9,14,17-20,29H,4-5,10-13,25H2,1-3H3,(H,26,31)(H,27,30)(H,33,34). The Morgan fingerprint density at radius 2 is 1.74 bits per heavy atom. The van der Waals surface area contributed by atoms with E-state index in [1.165, 1.54) is 28.8 Å². The van der Waals surface area contributed by atoms with Gasteiger partial charge in [0.1, 0.15) is 23.9 Å². The van der Waals surface area contributed by atoms with E-state index < -0.39 is 47.9 Å². The summed E-state index contributed by atoms with van der Waals surface area (Å²) in [5.41, 5.74) is 6.62. The van der Waals surface area contributed by atoms with Gasteiger partial charge in [-0.15, -0.1) is 0 Å². The molecule has 1 heterocycles. The number of benzene rings is 1. The summed E-state index contributed by atoms with van der Waals surface area (Å²) in [5.74, 6) is -2.03. The lowest BCUT2D eigenvalue weighted by Crippen LogP contribution is -2.58. The number of amides is 3. The van der Waals surface area contributed by atoms with Crippen molar-refractivity contribution in [1.82, 2.24) is 15.5 Å². The van der Waals surface area contributed by atoms with Crippen molar-refractivity contribution in [3.05, 3.63) is 29.8 Å². The molecule has 0 saturated carbocycles. The lowest BCUT2D eigenvalue weighted by molar-refractivity contribution is -0.149. The number of nitrogens with two attached hydrogens (primary N) is 1. The Labute approximate surface area is 210 Å². The number of nitrogens with zero attached hydrogens (tertiary/aromatic N) is 1. The van der Waals surface area contributed by atoms with Crippen LogP contribution in [0.15, 0.2) is 24.3 Å². The average Bonchev–Trinajstić information content (AvgIpc) is 3.31. The first kappa shape index (κ1) is 28.4. The number of carbonyl (C=O) groups excluding carboxylic acids is 3. The van der Waals surface area contributed by atoms with Crippen LogP contribution >= 0.6 is 11.8 Å². The van der Waals surface area contributed by atoms with Gasteiger partial charge in [0.15, 0.2) is 0 Å². The molecule has 1 aromatic rings. The van der Waals surface area contributed by atoms with Crippen molar-refractivity contribution in [2.45, 2.75) is 63.7 Å². The molecule has 1 saturated heterocycles. The topological polar surface area (TPSA) is 162 Å². The number of phenolic OH excluding ortho intramolecular Hbond substituents is 1. The summed E-state index contributed by atoms with van der Waals surface area (Å²) in [7, 11) is 0. The summed E-state index contributed by atoms with van der Waals surface area (Å²) < 4.78 is 0. The zero-order valence-corrected chi connectivity index (χ0v) is 21.2. The predicted octanol–water partition coefficient (Wildman–Crippen LogP) is 0.716. The van der Waals surface area contributed by atoms with Crippen molar-refractivity contribution in [3.8, 4) is 5.75 Å². The number of carboxylic acid groups (broad SMARTS) is 1. The van der Waals surface area contributed by atoms with E-state index in [2.05, 4.69) is 10.6 Å². The van der Waals surface area contributed by atoms with Crippen molar-refractivity contribution in [3.63, 3.8) is 0 Å². The Morgan fingerprint density at radius 3 is 2.31 bits per heavy atom. The molecule has 0 aromatic heterocycles. The van der Waals surface area contributed by atoms with Crippen LogP contribution in [0, 0.1) is 5.92 Å². The first-order valence-corrected chi connectivity index (χ1v) is 13.1. The maximum Gasteiger partial charge on any atom is 0.326 e. The molecule has 11 heteroatoms. The van der Waals surface area contributed by atoms with Gasteiger partial charge in [-0.3, -0.25) is 14.4 Å². The van der Waals surface area contributed by atoms with Gasteiger partial charge in [0, 0.05) is 13.0 Å². The Morgan fingerprint density at radius 1 is 1.11 bits per heavy atom. The Balaban J connectivity index is 2.26. The maximum absolute atomic E-state index is 13.4. The molecule has 0 radical (unpaired) electrons. The lowest BCUT2D eigenvalue weighted by atomic mass is 10.0. The lowest BCUT2D eigenvalue weighted by Gasteiger charge is -2.29. The number of aromatic hydroxyl groups is 1. The van der Waals surface area contributed by atoms with E-state index >= 15 is 0 Å². The van der Waals surface area contributed by atoms with Gasteiger partial charge in [-0.05, 0) is 54.9 Å². The van der Waals surface area contributed by atoms with Gasteiger partial charge in [-0.25, -0.2) is 4.79 Å². The molecule has 10 nitrogen and oxygen atoms in total. The zero-order valence-electron chi connectivity index (χ0n) is 20.4. The number of carbonyl (C=O) groups is 4. The van der Waals surface area contributed by atoms with Gasteiger partial charge >= 0.3 is 5.97 Å². The molecule has 1 fully saturated rings. The summed E-state index contributed by atoms with van der Waals surface area (Å²) in [4.78, 5) is 52.2. The first-order chi connectivity index (χ1) is 16.5. The summed E-state index contributed by atoms with van der Waals surface area (Å²) in [6.45, 7) is 3.90. The van der Waals surface area contributed by atoms with Crippen LogP contribution in [0.5, 0.6) is 5.75 Å². The van der Waals surface area contributed by atoms with Crippen molar-refractivity contribution in [2.75, 3.05) is 18.6 Å². The number of hydrogen-bond donors (Lipinski definition) is 5. The van der Waals surface area contributed by atoms with Crippen LogP contribution in [0.2, 0.25) is 0 Å². The minimum atomic E-state index is -1.08. The molecule has 0 spiro atoms. The fourth-order valence-corrected chi connectivity index (χ4v) is 4.37. The van der Waals surface area contributed by atoms with Gasteiger partial charge in [0.25, 0.3) is 0 Å². The van der Waals surface area contributed by atoms with Crippen LogP contribution in [-0.2, 0) is 25.6 Å². The van der Waals surface area contributed by atoms with Gasteiger partial charge in [0.05, 0.1) is 6.04 Å². The van der Waals surface area contributed by atoms with Crippen LogP contribution in [0.1, 0.15) is 38.7 Å². The number of rotatable bonds is 12. The van der Waals surface area contributed by atoms with Crippen molar-refractivity contribution in [2.24, 2.45) is 11.7 Å². The Hall–Kier alpha value is -2.79. The Kier molecular flexibility index (Phi) is 10.8. The van der Waals surface area contributed by atoms with Crippen LogP contribution in [0.25, 0.3) is 0 Å². The second-order valence-electron chi connectivity index (χ2n) is 9.07. The number of phenols is 1. The first-order valence-electron chi connectivity index (χ1n) is 11.7. The highest BCUT2D eigenvalue weighted by atomic mass is 32.2. The van der Waals surface area contributed by atoms with Crippen LogP contribution in [-0.4, -0.2) is 81.5 Å². The molecule has 2 rings (SSSR count). The van der Waals surface area contributed by atoms with Crippen LogP contribution in [0.4, 0.5) is 0 Å². The van der Waals surface area contributed by atoms with Gasteiger partial charge in [-0.1, -0.05) is 26.0 Å². The number of nitrogens with one attached hydrogen (secondary N) is 2. The van der Waals surface area contributed by atoms with Gasteiger partial charge < -0.3 is 31.5 Å². The fraction of sp³-hybridized carbons (Fsp3) is 0.583. The molecule has 0 bridgehead atoms. The Bertz CT molecular complexity index is 895. The van der Waals surface area contributed by atoms with E-state index in [0.29, 0.717) is 30.6 Å². The van der Waals surface area contributed by atoms with E-state index in [4.69, 9.17) is 5.73 Å². The highest BCUT2D eigenvalue weighted by molar-refractivity contribution is 7.98. The molecule has 3 amide bonds. The highest BCUT2D eigenvalue weighted by Crippen LogP contribution is 2.20. The molecule has 1 aliphatic heterocycles. The SMILES string of the molecule is CSCCC(NC(=O)C(N)C(C)C)C(=O)NC(Cc1ccc(O)cc1)C(=O)N1CCCC1C(=O)O. The molecule has 1 aromatic carbocycles. The van der Waals surface area contributed by atoms with E-state index in [-0.39, 0.29) is 24.6 Å². The van der Waals surface area contributed by atoms with E-state index in [1.54, 1.807) is 12.1 Å². The average molecular weight is 509 g/mol. The highest BCUT2D eigenvalue weighted by Gasteiger charge is 2.38. The summed E-state index contributed by atoms with van der Waals surface area (Å²) >= 11 is 1.52. The molecule has 1 aliphatic rings. The molecular formula is C24H36N4O6S. The largest absolute Gasteiger partial charge is 0.508 e. The second-order valence-corrected chi connectivity index (χ2v) is 10.1. The molecule has 6 N–H and O–H groups in total. The predicted molar refractivity (Wildman–Crippen MR) is 134 cm³/mol. The zero-order chi connectivity index (χ0) is 26.1. The second kappa shape index (κ2) is 13.3. The monoisotopic (exact) mass is 508 g/mol. The molecule has 0 aliphatic carbocycles. The number of hydrogen-bond acceptors (Lipinski definition) is 7. The quantitative estimate of drug-likeness (QED) is 0.276. The van der Waals surface area contributed by atoms with E-state index in [0.717, 1.165) is 0 Å². The van der Waals surface area contributed by atoms with Crippen molar-refractivity contribution < 1.29 is 29.4 Å². The smallest absolute Gasteiger partial charge is 0.326 e.